The highest BCUT2D eigenvalue weighted by Crippen LogP contribution is 2.45. The molecule has 2 atom stereocenters. The molecule has 1 aliphatic carbocycles. The van der Waals surface area contributed by atoms with Crippen LogP contribution in [-0.2, 0) is 17.6 Å². The molecule has 1 aliphatic heterocycles. The summed E-state index contributed by atoms with van der Waals surface area (Å²) in [5, 5.41) is 14.0. The van der Waals surface area contributed by atoms with E-state index in [0.29, 0.717) is 17.0 Å². The van der Waals surface area contributed by atoms with Gasteiger partial charge in [0, 0.05) is 22.2 Å². The summed E-state index contributed by atoms with van der Waals surface area (Å²) in [6.45, 7) is 0. The van der Waals surface area contributed by atoms with Crippen LogP contribution in [0, 0.1) is 0 Å². The van der Waals surface area contributed by atoms with E-state index < -0.39 is 6.10 Å². The first kappa shape index (κ1) is 12.9. The molecule has 0 radical (unpaired) electrons. The number of benzene rings is 2. The van der Waals surface area contributed by atoms with E-state index in [9.17, 15) is 9.90 Å². The maximum atomic E-state index is 11.4. The van der Waals surface area contributed by atoms with Crippen molar-refractivity contribution in [1.29, 1.82) is 0 Å². The van der Waals surface area contributed by atoms with Crippen molar-refractivity contribution in [3.8, 4) is 0 Å². The smallest absolute Gasteiger partial charge is 0.228 e. The third-order valence-electron chi connectivity index (χ3n) is 4.44. The van der Waals surface area contributed by atoms with Crippen molar-refractivity contribution in [3.63, 3.8) is 0 Å². The average Bonchev–Trinajstić information content (AvgIpc) is 2.78. The van der Waals surface area contributed by atoms with Gasteiger partial charge in [0.2, 0.25) is 5.91 Å². The second-order valence-corrected chi connectivity index (χ2v) is 6.12. The molecule has 2 aromatic rings. The van der Waals surface area contributed by atoms with Crippen LogP contribution in [0.5, 0.6) is 0 Å². The molecule has 2 N–H and O–H groups in total. The molecule has 4 heteroatoms. The molecule has 2 unspecified atom stereocenters. The molecule has 1 amide bonds. The Hall–Kier alpha value is -1.84. The molecule has 4 rings (SSSR count). The second kappa shape index (κ2) is 4.58. The molecule has 0 bridgehead atoms. The number of fused-ring (bicyclic) bond motifs is 2. The van der Waals surface area contributed by atoms with Gasteiger partial charge in [-0.3, -0.25) is 4.79 Å². The lowest BCUT2D eigenvalue weighted by molar-refractivity contribution is -0.115. The van der Waals surface area contributed by atoms with E-state index in [2.05, 4.69) is 17.4 Å². The summed E-state index contributed by atoms with van der Waals surface area (Å²) in [6.07, 6.45) is 0.587. The van der Waals surface area contributed by atoms with Crippen molar-refractivity contribution in [2.75, 3.05) is 5.32 Å². The molecule has 0 saturated carbocycles. The van der Waals surface area contributed by atoms with Crippen molar-refractivity contribution in [2.24, 2.45) is 0 Å². The van der Waals surface area contributed by atoms with Gasteiger partial charge in [0.25, 0.3) is 0 Å². The lowest BCUT2D eigenvalue weighted by atomic mass is 9.73. The summed E-state index contributed by atoms with van der Waals surface area (Å²) in [5.41, 5.74) is 4.86. The number of halogens is 1. The molecule has 0 spiro atoms. The number of aliphatic hydroxyl groups is 1. The van der Waals surface area contributed by atoms with E-state index in [-0.39, 0.29) is 11.8 Å². The third-order valence-corrected chi connectivity index (χ3v) is 4.77. The van der Waals surface area contributed by atoms with Crippen LogP contribution in [0.1, 0.15) is 34.3 Å². The number of carbonyl (C=O) groups is 1. The summed E-state index contributed by atoms with van der Waals surface area (Å²) in [6, 6.07) is 11.8. The summed E-state index contributed by atoms with van der Waals surface area (Å²) in [7, 11) is 0. The molecule has 2 aliphatic rings. The average molecular weight is 300 g/mol. The summed E-state index contributed by atoms with van der Waals surface area (Å²) >= 11 is 6.29. The van der Waals surface area contributed by atoms with Gasteiger partial charge in [-0.05, 0) is 35.2 Å². The van der Waals surface area contributed by atoms with E-state index >= 15 is 0 Å². The maximum Gasteiger partial charge on any atom is 0.228 e. The monoisotopic (exact) mass is 299 g/mol. The van der Waals surface area contributed by atoms with Crippen molar-refractivity contribution in [2.45, 2.75) is 24.9 Å². The van der Waals surface area contributed by atoms with Crippen LogP contribution in [0.2, 0.25) is 5.02 Å². The Kier molecular flexibility index (Phi) is 2.81. The Bertz CT molecular complexity index is 756. The zero-order valence-electron chi connectivity index (χ0n) is 11.3. The fourth-order valence-corrected chi connectivity index (χ4v) is 3.57. The fourth-order valence-electron chi connectivity index (χ4n) is 3.29. The van der Waals surface area contributed by atoms with Gasteiger partial charge in [-0.25, -0.2) is 0 Å². The summed E-state index contributed by atoms with van der Waals surface area (Å²) < 4.78 is 0. The van der Waals surface area contributed by atoms with Crippen molar-refractivity contribution in [1.82, 2.24) is 0 Å². The Balaban J connectivity index is 1.69. The number of hydrogen-bond acceptors (Lipinski definition) is 2. The molecule has 0 aromatic heterocycles. The quantitative estimate of drug-likeness (QED) is 0.894. The number of amides is 1. The van der Waals surface area contributed by atoms with Crippen LogP contribution < -0.4 is 5.32 Å². The van der Waals surface area contributed by atoms with Gasteiger partial charge in [-0.2, -0.15) is 0 Å². The zero-order valence-corrected chi connectivity index (χ0v) is 12.0. The minimum absolute atomic E-state index is 0.0262. The van der Waals surface area contributed by atoms with E-state index in [4.69, 9.17) is 11.6 Å². The van der Waals surface area contributed by atoms with Gasteiger partial charge in [0.1, 0.15) is 0 Å². The second-order valence-electron chi connectivity index (χ2n) is 5.71. The molecule has 106 valence electrons. The van der Waals surface area contributed by atoms with E-state index in [0.717, 1.165) is 17.7 Å². The zero-order chi connectivity index (χ0) is 14.6. The number of hydrogen-bond donors (Lipinski definition) is 2. The molecular formula is C17H14ClNO2. The van der Waals surface area contributed by atoms with Crippen molar-refractivity contribution in [3.05, 3.63) is 63.7 Å². The first-order chi connectivity index (χ1) is 10.1. The van der Waals surface area contributed by atoms with Crippen LogP contribution in [0.15, 0.2) is 36.4 Å². The van der Waals surface area contributed by atoms with E-state index in [1.54, 1.807) is 6.07 Å². The highest BCUT2D eigenvalue weighted by Gasteiger charge is 2.34. The molecule has 3 nitrogen and oxygen atoms in total. The number of nitrogens with one attached hydrogen (secondary N) is 1. The Labute approximate surface area is 127 Å². The Morgan fingerprint density at radius 3 is 2.86 bits per heavy atom. The molecule has 0 saturated heterocycles. The van der Waals surface area contributed by atoms with Crippen LogP contribution in [0.4, 0.5) is 5.69 Å². The Morgan fingerprint density at radius 2 is 2.05 bits per heavy atom. The number of aliphatic hydroxyl groups excluding tert-OH is 1. The summed E-state index contributed by atoms with van der Waals surface area (Å²) in [4.78, 5) is 11.4. The molecule has 21 heavy (non-hydrogen) atoms. The standard InChI is InChI=1S/C17H14ClNO2/c18-14-8-15-10(7-16(20)19-15)6-13(14)17(21)12-5-9-3-1-2-4-11(9)12/h1-4,6,8,12,17,21H,5,7H2,(H,19,20). The summed E-state index contributed by atoms with van der Waals surface area (Å²) in [5.74, 6) is 0.0588. The van der Waals surface area contributed by atoms with E-state index in [1.807, 2.05) is 18.2 Å². The maximum absolute atomic E-state index is 11.4. The minimum atomic E-state index is -0.631. The van der Waals surface area contributed by atoms with Gasteiger partial charge >= 0.3 is 0 Å². The van der Waals surface area contributed by atoms with Crippen LogP contribution in [-0.4, -0.2) is 11.0 Å². The lowest BCUT2D eigenvalue weighted by Crippen LogP contribution is -2.23. The van der Waals surface area contributed by atoms with Gasteiger partial charge in [0.05, 0.1) is 12.5 Å². The predicted molar refractivity (Wildman–Crippen MR) is 81.6 cm³/mol. The molecule has 1 heterocycles. The van der Waals surface area contributed by atoms with E-state index in [1.165, 1.54) is 11.1 Å². The minimum Gasteiger partial charge on any atom is -0.388 e. The third kappa shape index (κ3) is 1.96. The molecular weight excluding hydrogens is 286 g/mol. The van der Waals surface area contributed by atoms with Gasteiger partial charge in [-0.15, -0.1) is 0 Å². The number of rotatable bonds is 2. The van der Waals surface area contributed by atoms with Crippen LogP contribution >= 0.6 is 11.6 Å². The van der Waals surface area contributed by atoms with Crippen molar-refractivity contribution < 1.29 is 9.90 Å². The number of anilines is 1. The molecule has 0 fully saturated rings. The normalized spacial score (nSPS) is 20.3. The van der Waals surface area contributed by atoms with Gasteiger partial charge in [0.15, 0.2) is 0 Å². The molecule has 2 aromatic carbocycles. The SMILES string of the molecule is O=C1Cc2cc(C(O)C3Cc4ccccc43)c(Cl)cc2N1. The van der Waals surface area contributed by atoms with Gasteiger partial charge < -0.3 is 10.4 Å². The van der Waals surface area contributed by atoms with Crippen molar-refractivity contribution >= 4 is 23.2 Å². The highest BCUT2D eigenvalue weighted by atomic mass is 35.5. The Morgan fingerprint density at radius 1 is 1.24 bits per heavy atom. The fraction of sp³-hybridized carbons (Fsp3) is 0.235. The first-order valence-electron chi connectivity index (χ1n) is 7.01. The topological polar surface area (TPSA) is 49.3 Å². The predicted octanol–water partition coefficient (Wildman–Crippen LogP) is 3.21. The highest BCUT2D eigenvalue weighted by molar-refractivity contribution is 6.32. The first-order valence-corrected chi connectivity index (χ1v) is 7.39. The van der Waals surface area contributed by atoms with Crippen LogP contribution in [0.25, 0.3) is 0 Å². The van der Waals surface area contributed by atoms with Crippen LogP contribution in [0.3, 0.4) is 0 Å². The van der Waals surface area contributed by atoms with Gasteiger partial charge in [-0.1, -0.05) is 35.9 Å². The lowest BCUT2D eigenvalue weighted by Gasteiger charge is -2.34. The largest absolute Gasteiger partial charge is 0.388 e. The number of carbonyl (C=O) groups excluding carboxylic acids is 1.